The van der Waals surface area contributed by atoms with E-state index < -0.39 is 11.2 Å². The Morgan fingerprint density at radius 1 is 1.11 bits per heavy atom. The number of nitrogens with zero attached hydrogens (tertiary/aromatic N) is 5. The molecule has 9 nitrogen and oxygen atoms in total. The molecule has 4 rings (SSSR count). The molecule has 0 atom stereocenters. The normalized spacial score (nSPS) is 11.4. The Morgan fingerprint density at radius 3 is 2.50 bits per heavy atom. The van der Waals surface area contributed by atoms with Crippen molar-refractivity contribution in [3.8, 4) is 11.3 Å². The van der Waals surface area contributed by atoms with Crippen LogP contribution in [0, 0.1) is 0 Å². The molecule has 9 heteroatoms. The first-order valence-electron chi connectivity index (χ1n) is 8.73. The molecule has 0 spiro atoms. The largest absolute Gasteiger partial charge is 0.469 e. The van der Waals surface area contributed by atoms with Gasteiger partial charge in [0.25, 0.3) is 5.56 Å². The fourth-order valence-corrected chi connectivity index (χ4v) is 3.38. The molecule has 0 N–H and O–H groups in total. The molecule has 3 heterocycles. The molecule has 0 bridgehead atoms. The second kappa shape index (κ2) is 6.52. The molecule has 0 amide bonds. The Balaban J connectivity index is 2.05. The number of carbonyl (C=O) groups excluding carboxylic acids is 1. The first-order valence-corrected chi connectivity index (χ1v) is 8.73. The Hall–Kier alpha value is -3.62. The quantitative estimate of drug-likeness (QED) is 0.490. The van der Waals surface area contributed by atoms with Gasteiger partial charge in [-0.15, -0.1) is 0 Å². The van der Waals surface area contributed by atoms with Crippen LogP contribution in [0.5, 0.6) is 0 Å². The maximum atomic E-state index is 12.8. The van der Waals surface area contributed by atoms with Gasteiger partial charge in [-0.05, 0) is 5.56 Å². The third-order valence-electron chi connectivity index (χ3n) is 4.89. The Bertz CT molecular complexity index is 1320. The average Bonchev–Trinajstić information content (AvgIpc) is 3.25. The Kier molecular flexibility index (Phi) is 4.14. The molecule has 1 aromatic carbocycles. The Morgan fingerprint density at radius 2 is 1.82 bits per heavy atom. The number of benzene rings is 1. The molecule has 0 unspecified atom stereocenters. The van der Waals surface area contributed by atoms with Crippen molar-refractivity contribution in [2.24, 2.45) is 14.1 Å². The SMILES string of the molecule is COC(=O)CCn1c(-c2ccccc2)cn2c3c(=O)n(C)c(=O)n(C)c3nc12. The van der Waals surface area contributed by atoms with E-state index in [9.17, 15) is 14.4 Å². The smallest absolute Gasteiger partial charge is 0.332 e. The molecule has 144 valence electrons. The molecule has 0 fully saturated rings. The van der Waals surface area contributed by atoms with Gasteiger partial charge in [-0.2, -0.15) is 4.98 Å². The van der Waals surface area contributed by atoms with Gasteiger partial charge >= 0.3 is 11.7 Å². The average molecular weight is 381 g/mol. The van der Waals surface area contributed by atoms with Crippen LogP contribution in [0.1, 0.15) is 6.42 Å². The van der Waals surface area contributed by atoms with E-state index in [2.05, 4.69) is 4.98 Å². The van der Waals surface area contributed by atoms with Gasteiger partial charge in [-0.25, -0.2) is 4.79 Å². The van der Waals surface area contributed by atoms with Crippen molar-refractivity contribution >= 4 is 22.9 Å². The van der Waals surface area contributed by atoms with Crippen molar-refractivity contribution in [2.75, 3.05) is 7.11 Å². The zero-order valence-electron chi connectivity index (χ0n) is 15.7. The van der Waals surface area contributed by atoms with Crippen molar-refractivity contribution < 1.29 is 9.53 Å². The number of hydrogen-bond donors (Lipinski definition) is 0. The monoisotopic (exact) mass is 381 g/mol. The summed E-state index contributed by atoms with van der Waals surface area (Å²) >= 11 is 0. The summed E-state index contributed by atoms with van der Waals surface area (Å²) in [6, 6.07) is 9.63. The van der Waals surface area contributed by atoms with Crippen molar-refractivity contribution in [1.82, 2.24) is 23.1 Å². The van der Waals surface area contributed by atoms with E-state index in [1.165, 1.54) is 18.7 Å². The first kappa shape index (κ1) is 17.8. The van der Waals surface area contributed by atoms with Crippen molar-refractivity contribution in [3.63, 3.8) is 0 Å². The maximum Gasteiger partial charge on any atom is 0.332 e. The van der Waals surface area contributed by atoms with Gasteiger partial charge in [0.2, 0.25) is 5.78 Å². The zero-order chi connectivity index (χ0) is 20.0. The summed E-state index contributed by atoms with van der Waals surface area (Å²) in [6.45, 7) is 0.324. The molecule has 0 aliphatic carbocycles. The van der Waals surface area contributed by atoms with Crippen molar-refractivity contribution in [3.05, 3.63) is 57.4 Å². The molecule has 0 radical (unpaired) electrons. The second-order valence-corrected chi connectivity index (χ2v) is 6.52. The van der Waals surface area contributed by atoms with Crippen molar-refractivity contribution in [2.45, 2.75) is 13.0 Å². The van der Waals surface area contributed by atoms with Gasteiger partial charge in [-0.3, -0.25) is 23.1 Å². The highest BCUT2D eigenvalue weighted by atomic mass is 16.5. The summed E-state index contributed by atoms with van der Waals surface area (Å²) in [5, 5.41) is 0. The molecule has 0 aliphatic heterocycles. The van der Waals surface area contributed by atoms with Gasteiger partial charge < -0.3 is 9.30 Å². The molecule has 0 saturated heterocycles. The molecular weight excluding hydrogens is 362 g/mol. The van der Waals surface area contributed by atoms with Crippen LogP contribution in [-0.4, -0.2) is 36.2 Å². The number of ether oxygens (including phenoxy) is 1. The fraction of sp³-hybridized carbons (Fsp3) is 0.263. The summed E-state index contributed by atoms with van der Waals surface area (Å²) in [7, 11) is 4.36. The molecule has 28 heavy (non-hydrogen) atoms. The van der Waals surface area contributed by atoms with Gasteiger partial charge in [0.05, 0.1) is 19.2 Å². The lowest BCUT2D eigenvalue weighted by atomic mass is 10.1. The third kappa shape index (κ3) is 2.55. The number of esters is 1. The maximum absolute atomic E-state index is 12.8. The lowest BCUT2D eigenvalue weighted by Crippen LogP contribution is -2.37. The predicted molar refractivity (Wildman–Crippen MR) is 103 cm³/mol. The van der Waals surface area contributed by atoms with Crippen molar-refractivity contribution in [1.29, 1.82) is 0 Å². The van der Waals surface area contributed by atoms with Crippen LogP contribution in [0.2, 0.25) is 0 Å². The second-order valence-electron chi connectivity index (χ2n) is 6.52. The number of imidazole rings is 2. The molecule has 4 aromatic rings. The number of rotatable bonds is 4. The van der Waals surface area contributed by atoms with E-state index in [0.29, 0.717) is 23.5 Å². The van der Waals surface area contributed by atoms with Crippen LogP contribution in [0.15, 0.2) is 46.1 Å². The standard InChI is InChI=1S/C19H19N5O4/c1-21-16-15(17(26)22(2)19(21)27)24-11-13(12-7-5-4-6-8-12)23(18(24)20-16)10-9-14(25)28-3/h4-8,11H,9-10H2,1-3H3. The topological polar surface area (TPSA) is 92.5 Å². The lowest BCUT2D eigenvalue weighted by molar-refractivity contribution is -0.140. The highest BCUT2D eigenvalue weighted by Crippen LogP contribution is 2.25. The predicted octanol–water partition coefficient (Wildman–Crippen LogP) is 0.916. The van der Waals surface area contributed by atoms with Crippen LogP contribution in [0.4, 0.5) is 0 Å². The number of methoxy groups -OCH3 is 1. The summed E-state index contributed by atoms with van der Waals surface area (Å²) in [4.78, 5) is 41.2. The minimum absolute atomic E-state index is 0.154. The number of fused-ring (bicyclic) bond motifs is 3. The number of hydrogen-bond acceptors (Lipinski definition) is 5. The van der Waals surface area contributed by atoms with E-state index in [1.54, 1.807) is 11.4 Å². The van der Waals surface area contributed by atoms with Gasteiger partial charge in [-0.1, -0.05) is 30.3 Å². The van der Waals surface area contributed by atoms with Crippen LogP contribution >= 0.6 is 0 Å². The number of aromatic nitrogens is 5. The Labute approximate surface area is 159 Å². The van der Waals surface area contributed by atoms with E-state index >= 15 is 0 Å². The minimum Gasteiger partial charge on any atom is -0.469 e. The number of aryl methyl sites for hydroxylation is 2. The minimum atomic E-state index is -0.442. The third-order valence-corrected chi connectivity index (χ3v) is 4.89. The van der Waals surface area contributed by atoms with E-state index in [4.69, 9.17) is 4.74 Å². The molecular formula is C19H19N5O4. The number of carbonyl (C=O) groups is 1. The summed E-state index contributed by atoms with van der Waals surface area (Å²) in [6.07, 6.45) is 1.96. The zero-order valence-corrected chi connectivity index (χ0v) is 15.7. The van der Waals surface area contributed by atoms with Gasteiger partial charge in [0.1, 0.15) is 0 Å². The molecule has 0 aliphatic rings. The van der Waals surface area contributed by atoms with Crippen LogP contribution in [0.3, 0.4) is 0 Å². The molecule has 0 saturated carbocycles. The van der Waals surface area contributed by atoms with Gasteiger partial charge in [0, 0.05) is 26.8 Å². The molecule has 3 aromatic heterocycles. The van der Waals surface area contributed by atoms with Crippen LogP contribution < -0.4 is 11.2 Å². The van der Waals surface area contributed by atoms with E-state index in [1.807, 2.05) is 41.1 Å². The first-order chi connectivity index (χ1) is 13.4. The van der Waals surface area contributed by atoms with Crippen LogP contribution in [-0.2, 0) is 30.2 Å². The summed E-state index contributed by atoms with van der Waals surface area (Å²) in [5.41, 5.74) is 1.48. The summed E-state index contributed by atoms with van der Waals surface area (Å²) < 4.78 is 10.7. The van der Waals surface area contributed by atoms with Crippen LogP contribution in [0.25, 0.3) is 28.2 Å². The van der Waals surface area contributed by atoms with Gasteiger partial charge in [0.15, 0.2) is 11.2 Å². The highest BCUT2D eigenvalue weighted by molar-refractivity contribution is 5.78. The summed E-state index contributed by atoms with van der Waals surface area (Å²) in [5.74, 6) is 0.140. The highest BCUT2D eigenvalue weighted by Gasteiger charge is 2.21. The lowest BCUT2D eigenvalue weighted by Gasteiger charge is -2.08. The fourth-order valence-electron chi connectivity index (χ4n) is 3.38. The van der Waals surface area contributed by atoms with E-state index in [-0.39, 0.29) is 12.4 Å². The van der Waals surface area contributed by atoms with E-state index in [0.717, 1.165) is 15.8 Å².